The van der Waals surface area contributed by atoms with E-state index < -0.39 is 0 Å². The maximum atomic E-state index is 8.34. The van der Waals surface area contributed by atoms with Crippen molar-refractivity contribution in [2.75, 3.05) is 0 Å². The molecule has 0 unspecified atom stereocenters. The summed E-state index contributed by atoms with van der Waals surface area (Å²) in [6.07, 6.45) is 8.87. The number of aryl methyl sites for hydroxylation is 1. The van der Waals surface area contributed by atoms with E-state index in [2.05, 4.69) is 17.1 Å². The number of halogens is 1. The Kier molecular flexibility index (Phi) is 9.24. The van der Waals surface area contributed by atoms with Gasteiger partial charge in [-0.2, -0.15) is 0 Å². The lowest BCUT2D eigenvalue weighted by atomic mass is 10.1. The molecule has 1 heterocycles. The third-order valence-corrected chi connectivity index (χ3v) is 3.18. The molecular weight excluding hydrogens is 244 g/mol. The molecule has 1 aromatic heterocycles. The molecule has 0 saturated heterocycles. The smallest absolute Gasteiger partial charge is 0.0958 e. The van der Waals surface area contributed by atoms with Crippen molar-refractivity contribution in [1.29, 1.82) is 0 Å². The number of aromatic nitrogens is 1. The Labute approximate surface area is 107 Å². The van der Waals surface area contributed by atoms with E-state index in [4.69, 9.17) is 5.21 Å². The number of hydrogen-bond acceptors (Lipinski definition) is 4. The molecule has 92 valence electrons. The van der Waals surface area contributed by atoms with Gasteiger partial charge in [0.25, 0.3) is 0 Å². The lowest BCUT2D eigenvalue weighted by Crippen LogP contribution is -1.87. The van der Waals surface area contributed by atoms with Gasteiger partial charge in [-0.1, -0.05) is 37.8 Å². The van der Waals surface area contributed by atoms with Crippen LogP contribution in [-0.4, -0.2) is 16.4 Å². The van der Waals surface area contributed by atoms with Gasteiger partial charge in [-0.25, -0.2) is 4.98 Å². The molecule has 0 spiro atoms. The van der Waals surface area contributed by atoms with E-state index in [0.29, 0.717) is 0 Å². The number of rotatable bonds is 7. The van der Waals surface area contributed by atoms with Gasteiger partial charge in [0.15, 0.2) is 0 Å². The summed E-state index contributed by atoms with van der Waals surface area (Å²) in [5.74, 6) is 0. The molecule has 0 aliphatic carbocycles. The summed E-state index contributed by atoms with van der Waals surface area (Å²) in [7, 11) is 0. The van der Waals surface area contributed by atoms with Gasteiger partial charge >= 0.3 is 0 Å². The van der Waals surface area contributed by atoms with Crippen LogP contribution in [0.1, 0.15) is 49.7 Å². The van der Waals surface area contributed by atoms with Crippen molar-refractivity contribution >= 4 is 30.0 Å². The lowest BCUT2D eigenvalue weighted by molar-refractivity contribution is 0.321. The summed E-state index contributed by atoms with van der Waals surface area (Å²) in [4.78, 5) is 4.33. The van der Waals surface area contributed by atoms with Gasteiger partial charge < -0.3 is 5.21 Å². The highest BCUT2D eigenvalue weighted by Crippen LogP contribution is 2.13. The first kappa shape index (κ1) is 15.4. The second-order valence-corrected chi connectivity index (χ2v) is 4.52. The normalized spacial score (nSPS) is 10.6. The van der Waals surface area contributed by atoms with E-state index in [0.717, 1.165) is 17.1 Å². The molecule has 0 aliphatic rings. The molecule has 5 heteroatoms. The molecule has 0 bridgehead atoms. The summed E-state index contributed by atoms with van der Waals surface area (Å²) in [5, 5.41) is 14.4. The average Bonchev–Trinajstić information content (AvgIpc) is 2.66. The number of oxime groups is 1. The van der Waals surface area contributed by atoms with Gasteiger partial charge in [-0.15, -0.1) is 23.7 Å². The predicted octanol–water partition coefficient (Wildman–Crippen LogP) is 3.89. The zero-order chi connectivity index (χ0) is 10.9. The summed E-state index contributed by atoms with van der Waals surface area (Å²) < 4.78 is 0. The Morgan fingerprint density at radius 2 is 2.12 bits per heavy atom. The van der Waals surface area contributed by atoms with E-state index in [1.54, 1.807) is 11.3 Å². The molecular formula is C11H19ClN2OS. The van der Waals surface area contributed by atoms with Crippen LogP contribution in [0.25, 0.3) is 0 Å². The van der Waals surface area contributed by atoms with Crippen molar-refractivity contribution in [2.24, 2.45) is 5.16 Å². The Bertz CT molecular complexity index is 302. The van der Waals surface area contributed by atoms with Crippen molar-refractivity contribution in [1.82, 2.24) is 4.98 Å². The van der Waals surface area contributed by atoms with Crippen LogP contribution in [0.2, 0.25) is 0 Å². The second kappa shape index (κ2) is 9.60. The van der Waals surface area contributed by atoms with E-state index >= 15 is 0 Å². The number of nitrogens with zero attached hydrogens (tertiary/aromatic N) is 2. The fourth-order valence-electron chi connectivity index (χ4n) is 1.44. The molecule has 0 aliphatic heterocycles. The second-order valence-electron chi connectivity index (χ2n) is 3.57. The third-order valence-electron chi connectivity index (χ3n) is 2.25. The van der Waals surface area contributed by atoms with Crippen LogP contribution in [0, 0.1) is 0 Å². The van der Waals surface area contributed by atoms with E-state index in [-0.39, 0.29) is 12.4 Å². The fourth-order valence-corrected chi connectivity index (χ4v) is 2.23. The van der Waals surface area contributed by atoms with Crippen LogP contribution in [0.4, 0.5) is 0 Å². The zero-order valence-corrected chi connectivity index (χ0v) is 11.2. The van der Waals surface area contributed by atoms with Crippen LogP contribution in [-0.2, 0) is 6.42 Å². The Hall–Kier alpha value is -0.610. The molecule has 0 atom stereocenters. The standard InChI is InChI=1S/C11H18N2OS.ClH/c1-2-3-4-5-6-7-11-13-10(8-12-14)9-15-11;/h8-9,14H,2-7H2,1H3;1H/b12-8+;. The third kappa shape index (κ3) is 6.08. The van der Waals surface area contributed by atoms with E-state index in [1.807, 2.05) is 5.38 Å². The quantitative estimate of drug-likeness (QED) is 0.351. The minimum atomic E-state index is 0. The molecule has 0 saturated carbocycles. The Morgan fingerprint density at radius 1 is 1.38 bits per heavy atom. The van der Waals surface area contributed by atoms with Crippen LogP contribution in [0.5, 0.6) is 0 Å². The van der Waals surface area contributed by atoms with Gasteiger partial charge in [0.2, 0.25) is 0 Å². The van der Waals surface area contributed by atoms with E-state index in [9.17, 15) is 0 Å². The summed E-state index contributed by atoms with van der Waals surface area (Å²) >= 11 is 1.64. The van der Waals surface area contributed by atoms with E-state index in [1.165, 1.54) is 38.3 Å². The first-order valence-electron chi connectivity index (χ1n) is 5.48. The van der Waals surface area contributed by atoms with Gasteiger partial charge in [0.1, 0.15) is 0 Å². The highest BCUT2D eigenvalue weighted by atomic mass is 35.5. The highest BCUT2D eigenvalue weighted by Gasteiger charge is 1.99. The van der Waals surface area contributed by atoms with Crippen molar-refractivity contribution in [3.63, 3.8) is 0 Å². The summed E-state index contributed by atoms with van der Waals surface area (Å²) in [5.41, 5.74) is 0.756. The zero-order valence-electron chi connectivity index (χ0n) is 9.56. The summed E-state index contributed by atoms with van der Waals surface area (Å²) in [6.45, 7) is 2.22. The number of unbranched alkanes of at least 4 members (excludes halogenated alkanes) is 4. The maximum Gasteiger partial charge on any atom is 0.0958 e. The Morgan fingerprint density at radius 3 is 2.81 bits per heavy atom. The molecule has 3 nitrogen and oxygen atoms in total. The fraction of sp³-hybridized carbons (Fsp3) is 0.636. The molecule has 1 N–H and O–H groups in total. The van der Waals surface area contributed by atoms with Crippen molar-refractivity contribution in [3.8, 4) is 0 Å². The molecule has 16 heavy (non-hydrogen) atoms. The van der Waals surface area contributed by atoms with Gasteiger partial charge in [-0.3, -0.25) is 0 Å². The SMILES string of the molecule is CCCCCCCc1nc(/C=N/O)cs1.Cl. The largest absolute Gasteiger partial charge is 0.411 e. The monoisotopic (exact) mass is 262 g/mol. The van der Waals surface area contributed by atoms with Crippen molar-refractivity contribution in [3.05, 3.63) is 16.1 Å². The van der Waals surface area contributed by atoms with Gasteiger partial charge in [-0.05, 0) is 12.8 Å². The van der Waals surface area contributed by atoms with Crippen LogP contribution in [0.3, 0.4) is 0 Å². The molecule has 0 fully saturated rings. The van der Waals surface area contributed by atoms with Crippen LogP contribution >= 0.6 is 23.7 Å². The van der Waals surface area contributed by atoms with Gasteiger partial charge in [0, 0.05) is 5.38 Å². The predicted molar refractivity (Wildman–Crippen MR) is 71.2 cm³/mol. The van der Waals surface area contributed by atoms with Crippen LogP contribution < -0.4 is 0 Å². The minimum absolute atomic E-state index is 0. The first-order valence-corrected chi connectivity index (χ1v) is 6.36. The first-order chi connectivity index (χ1) is 7.36. The molecule has 0 aromatic carbocycles. The lowest BCUT2D eigenvalue weighted by Gasteiger charge is -1.97. The highest BCUT2D eigenvalue weighted by molar-refractivity contribution is 7.09. The molecule has 0 amide bonds. The molecule has 1 aromatic rings. The number of hydrogen-bond donors (Lipinski definition) is 1. The van der Waals surface area contributed by atoms with Crippen LogP contribution in [0.15, 0.2) is 10.5 Å². The Balaban J connectivity index is 0.00000225. The van der Waals surface area contributed by atoms with Gasteiger partial charge in [0.05, 0.1) is 16.9 Å². The van der Waals surface area contributed by atoms with Crippen molar-refractivity contribution in [2.45, 2.75) is 45.4 Å². The topological polar surface area (TPSA) is 45.5 Å². The molecule has 0 radical (unpaired) electrons. The number of thiazole rings is 1. The summed E-state index contributed by atoms with van der Waals surface area (Å²) in [6, 6.07) is 0. The average molecular weight is 263 g/mol. The minimum Gasteiger partial charge on any atom is -0.411 e. The maximum absolute atomic E-state index is 8.34. The van der Waals surface area contributed by atoms with Crippen molar-refractivity contribution < 1.29 is 5.21 Å². The molecule has 1 rings (SSSR count).